The topological polar surface area (TPSA) is 154 Å². The van der Waals surface area contributed by atoms with Gasteiger partial charge in [0.2, 0.25) is 5.88 Å². The Morgan fingerprint density at radius 1 is 1.02 bits per heavy atom. The van der Waals surface area contributed by atoms with Gasteiger partial charge in [0, 0.05) is 6.54 Å². The van der Waals surface area contributed by atoms with E-state index >= 15 is 0 Å². The van der Waals surface area contributed by atoms with Crippen LogP contribution in [-0.4, -0.2) is 49.9 Å². The third kappa shape index (κ3) is 7.02. The molecule has 0 spiro atoms. The molecule has 0 bridgehead atoms. The van der Waals surface area contributed by atoms with Crippen LogP contribution in [0.2, 0.25) is 0 Å². The number of carbonyl (C=O) groups excluding carboxylic acids is 1. The molecule has 11 nitrogen and oxygen atoms in total. The van der Waals surface area contributed by atoms with Gasteiger partial charge in [-0.05, 0) is 85.2 Å². The lowest BCUT2D eigenvalue weighted by Gasteiger charge is -2.31. The van der Waals surface area contributed by atoms with Crippen LogP contribution >= 0.6 is 0 Å². The first-order chi connectivity index (χ1) is 20.6. The molecular formula is C31H33N3O8S2. The summed E-state index contributed by atoms with van der Waals surface area (Å²) >= 11 is 0. The zero-order valence-electron chi connectivity index (χ0n) is 24.5. The summed E-state index contributed by atoms with van der Waals surface area (Å²) in [6.45, 7) is 6.34. The van der Waals surface area contributed by atoms with Crippen molar-refractivity contribution in [2.45, 2.75) is 44.9 Å². The lowest BCUT2D eigenvalue weighted by molar-refractivity contribution is -0.114. The highest BCUT2D eigenvalue weighted by Gasteiger charge is 2.35. The molecule has 2 heterocycles. The van der Waals surface area contributed by atoms with Crippen LogP contribution in [0.3, 0.4) is 0 Å². The van der Waals surface area contributed by atoms with Gasteiger partial charge in [-0.2, -0.15) is 26.9 Å². The average molecular weight is 640 g/mol. The van der Waals surface area contributed by atoms with Crippen molar-refractivity contribution in [3.63, 3.8) is 0 Å². The molecule has 1 aliphatic carbocycles. The number of hydrogen-bond donors (Lipinski definition) is 2. The Balaban J connectivity index is 1.40. The summed E-state index contributed by atoms with van der Waals surface area (Å²) in [6, 6.07) is 12.7. The summed E-state index contributed by atoms with van der Waals surface area (Å²) in [5.41, 5.74) is 3.89. The van der Waals surface area contributed by atoms with Crippen LogP contribution in [0.25, 0.3) is 0 Å². The molecule has 0 aromatic heterocycles. The number of allylic oxidation sites excluding steroid dienone is 6. The number of rotatable bonds is 8. The molecule has 0 radical (unpaired) electrons. The number of para-hydroxylation sites is 2. The van der Waals surface area contributed by atoms with Gasteiger partial charge in [0.05, 0.1) is 33.3 Å². The van der Waals surface area contributed by atoms with Crippen molar-refractivity contribution in [3.8, 4) is 5.75 Å². The molecule has 3 aliphatic rings. The van der Waals surface area contributed by atoms with Crippen molar-refractivity contribution in [3.05, 3.63) is 95.4 Å². The molecule has 0 unspecified atom stereocenters. The fourth-order valence-corrected chi connectivity index (χ4v) is 6.57. The fourth-order valence-electron chi connectivity index (χ4n) is 5.60. The van der Waals surface area contributed by atoms with Gasteiger partial charge in [-0.1, -0.05) is 44.2 Å². The lowest BCUT2D eigenvalue weighted by Crippen LogP contribution is -2.24. The second-order valence-electron chi connectivity index (χ2n) is 11.6. The van der Waals surface area contributed by atoms with Gasteiger partial charge in [-0.15, -0.1) is 0 Å². The summed E-state index contributed by atoms with van der Waals surface area (Å²) in [7, 11) is -8.44. The Morgan fingerprint density at radius 2 is 1.73 bits per heavy atom. The molecule has 232 valence electrons. The number of amides is 1. The number of nitrogens with zero attached hydrogens (tertiary/aromatic N) is 3. The zero-order chi connectivity index (χ0) is 31.9. The van der Waals surface area contributed by atoms with E-state index in [0.29, 0.717) is 41.6 Å². The second kappa shape index (κ2) is 11.8. The quantitative estimate of drug-likeness (QED) is 0.290. The predicted octanol–water partition coefficient (Wildman–Crippen LogP) is 5.27. The van der Waals surface area contributed by atoms with Crippen LogP contribution in [-0.2, 0) is 25.0 Å². The first-order valence-corrected chi connectivity index (χ1v) is 17.0. The Hall–Kier alpha value is -4.04. The molecule has 13 heteroatoms. The number of fused-ring (bicyclic) bond motifs is 1. The Labute approximate surface area is 257 Å². The molecule has 2 aromatic rings. The first kappa shape index (κ1) is 31.4. The van der Waals surface area contributed by atoms with Gasteiger partial charge in [0.15, 0.2) is 5.75 Å². The van der Waals surface area contributed by atoms with Gasteiger partial charge in [0.1, 0.15) is 0 Å². The summed E-state index contributed by atoms with van der Waals surface area (Å²) in [5, 5.41) is 5.67. The van der Waals surface area contributed by atoms with Crippen molar-refractivity contribution in [1.82, 2.24) is 0 Å². The maximum absolute atomic E-state index is 13.5. The van der Waals surface area contributed by atoms with Crippen LogP contribution in [0.5, 0.6) is 5.75 Å². The van der Waals surface area contributed by atoms with E-state index in [1.807, 2.05) is 47.4 Å². The van der Waals surface area contributed by atoms with Crippen LogP contribution in [0.1, 0.15) is 40.0 Å². The van der Waals surface area contributed by atoms with Gasteiger partial charge in [0.25, 0.3) is 26.1 Å². The third-order valence-electron chi connectivity index (χ3n) is 7.40. The van der Waals surface area contributed by atoms with Gasteiger partial charge < -0.3 is 9.64 Å². The molecule has 1 amide bonds. The number of anilines is 2. The average Bonchev–Trinajstić information content (AvgIpc) is 3.42. The second-order valence-corrected chi connectivity index (χ2v) is 14.6. The SMILES string of the molecule is CC1=NN(c2ccc(S(=O)(=O)O)cc2)C(=O)C1=C1C=C(C=CC=C2Oc3ccccc3N2CCCS(=O)(=O)O)CC(C)(C)C1. The highest BCUT2D eigenvalue weighted by atomic mass is 32.2. The van der Waals surface area contributed by atoms with Crippen molar-refractivity contribution in [2.24, 2.45) is 10.5 Å². The highest BCUT2D eigenvalue weighted by molar-refractivity contribution is 7.86. The summed E-state index contributed by atoms with van der Waals surface area (Å²) in [6.07, 6.45) is 9.22. The lowest BCUT2D eigenvalue weighted by atomic mass is 9.73. The largest absolute Gasteiger partial charge is 0.439 e. The van der Waals surface area contributed by atoms with Crippen LogP contribution in [0.4, 0.5) is 11.4 Å². The number of hydrazone groups is 1. The van der Waals surface area contributed by atoms with E-state index in [1.54, 1.807) is 13.0 Å². The van der Waals surface area contributed by atoms with E-state index in [9.17, 15) is 26.2 Å². The molecule has 44 heavy (non-hydrogen) atoms. The standard InChI is InChI=1S/C31H33N3O8S2/c1-21-29(30(35)34(32-21)24-12-14-25(15-13-24)44(39,40)41)23-18-22(19-31(2,3)20-23)8-6-11-28-33(16-7-17-43(36,37)38)26-9-4-5-10-27(26)42-28/h4-6,8-15,18H,7,16-17,19-20H2,1-3H3,(H,36,37,38)(H,39,40,41). The predicted molar refractivity (Wildman–Crippen MR) is 168 cm³/mol. The highest BCUT2D eigenvalue weighted by Crippen LogP contribution is 2.42. The van der Waals surface area contributed by atoms with Crippen molar-refractivity contribution < 1.29 is 35.5 Å². The molecule has 2 aliphatic heterocycles. The maximum Gasteiger partial charge on any atom is 0.294 e. The van der Waals surface area contributed by atoms with Crippen LogP contribution < -0.4 is 14.6 Å². The summed E-state index contributed by atoms with van der Waals surface area (Å²) in [4.78, 5) is 15.1. The minimum Gasteiger partial charge on any atom is -0.439 e. The smallest absolute Gasteiger partial charge is 0.294 e. The molecule has 0 fully saturated rings. The number of ether oxygens (including phenoxy) is 1. The van der Waals surface area contributed by atoms with E-state index in [2.05, 4.69) is 18.9 Å². The van der Waals surface area contributed by atoms with Gasteiger partial charge in [-0.25, -0.2) is 0 Å². The normalized spacial score (nSPS) is 21.1. The van der Waals surface area contributed by atoms with E-state index in [-0.39, 0.29) is 28.4 Å². The van der Waals surface area contributed by atoms with E-state index in [4.69, 9.17) is 9.29 Å². The number of benzene rings is 2. The molecule has 0 saturated heterocycles. The Kier molecular flexibility index (Phi) is 8.42. The van der Waals surface area contributed by atoms with E-state index in [0.717, 1.165) is 23.3 Å². The third-order valence-corrected chi connectivity index (χ3v) is 9.07. The monoisotopic (exact) mass is 639 g/mol. The molecule has 5 rings (SSSR count). The van der Waals surface area contributed by atoms with Gasteiger partial charge in [-0.3, -0.25) is 13.9 Å². The minimum absolute atomic E-state index is 0.156. The first-order valence-electron chi connectivity index (χ1n) is 13.9. The van der Waals surface area contributed by atoms with E-state index in [1.165, 1.54) is 29.3 Å². The summed E-state index contributed by atoms with van der Waals surface area (Å²) in [5.74, 6) is 0.490. The number of carbonyl (C=O) groups is 1. The van der Waals surface area contributed by atoms with Gasteiger partial charge >= 0.3 is 0 Å². The zero-order valence-corrected chi connectivity index (χ0v) is 26.1. The molecule has 2 aromatic carbocycles. The van der Waals surface area contributed by atoms with E-state index < -0.39 is 20.2 Å². The minimum atomic E-state index is -4.36. The molecule has 0 saturated carbocycles. The molecule has 0 atom stereocenters. The van der Waals surface area contributed by atoms with Crippen molar-refractivity contribution in [2.75, 3.05) is 22.2 Å². The summed E-state index contributed by atoms with van der Waals surface area (Å²) < 4.78 is 69.7. The van der Waals surface area contributed by atoms with Crippen molar-refractivity contribution >= 4 is 43.2 Å². The van der Waals surface area contributed by atoms with Crippen molar-refractivity contribution in [1.29, 1.82) is 0 Å². The Morgan fingerprint density at radius 3 is 2.41 bits per heavy atom. The maximum atomic E-state index is 13.5. The molecular weight excluding hydrogens is 606 g/mol. The number of hydrogen-bond acceptors (Lipinski definition) is 8. The van der Waals surface area contributed by atoms with Crippen LogP contribution in [0.15, 0.2) is 105 Å². The van der Waals surface area contributed by atoms with Crippen LogP contribution in [0, 0.1) is 5.41 Å². The fraction of sp³-hybridized carbons (Fsp3) is 0.290. The molecule has 2 N–H and O–H groups in total. The Bertz CT molecular complexity index is 1870.